The third-order valence-corrected chi connectivity index (χ3v) is 4.10. The molecule has 5 heteroatoms. The second kappa shape index (κ2) is 8.82. The molecule has 2 amide bonds. The minimum Gasteiger partial charge on any atom is -0.481 e. The van der Waals surface area contributed by atoms with E-state index in [2.05, 4.69) is 12.2 Å². The molecule has 0 heterocycles. The first-order valence-corrected chi connectivity index (χ1v) is 7.76. The molecule has 0 bridgehead atoms. The van der Waals surface area contributed by atoms with Crippen LogP contribution in [0, 0.1) is 5.92 Å². The number of nitrogens with zero attached hydrogens (tertiary/aromatic N) is 1. The van der Waals surface area contributed by atoms with Gasteiger partial charge in [-0.05, 0) is 38.0 Å². The van der Waals surface area contributed by atoms with Gasteiger partial charge in [0.15, 0.2) is 0 Å². The number of aliphatic carboxylic acids is 1. The molecule has 0 aromatic carbocycles. The molecular weight excluding hydrogens is 256 g/mol. The molecule has 1 aliphatic rings. The molecule has 2 N–H and O–H groups in total. The highest BCUT2D eigenvalue weighted by Gasteiger charge is 2.22. The molecule has 0 aromatic rings. The van der Waals surface area contributed by atoms with Crippen molar-refractivity contribution in [2.24, 2.45) is 5.92 Å². The molecule has 116 valence electrons. The maximum Gasteiger partial charge on any atom is 0.317 e. The van der Waals surface area contributed by atoms with Crippen molar-refractivity contribution >= 4 is 12.0 Å². The summed E-state index contributed by atoms with van der Waals surface area (Å²) in [6.45, 7) is 2.71. The molecule has 0 aliphatic heterocycles. The predicted octanol–water partition coefficient (Wildman–Crippen LogP) is 2.85. The SMILES string of the molecule is CCCC1CCC(NC(=O)N(C)CCCC(=O)O)CC1. The predicted molar refractivity (Wildman–Crippen MR) is 78.7 cm³/mol. The van der Waals surface area contributed by atoms with Crippen LogP contribution < -0.4 is 5.32 Å². The number of carboxylic acid groups (broad SMARTS) is 1. The van der Waals surface area contributed by atoms with E-state index in [0.717, 1.165) is 18.8 Å². The molecule has 1 saturated carbocycles. The Bertz CT molecular complexity index is 312. The van der Waals surface area contributed by atoms with E-state index in [1.807, 2.05) is 0 Å². The van der Waals surface area contributed by atoms with Crippen LogP contribution in [0.1, 0.15) is 58.3 Å². The fraction of sp³-hybridized carbons (Fsp3) is 0.867. The van der Waals surface area contributed by atoms with Crippen LogP contribution >= 0.6 is 0 Å². The lowest BCUT2D eigenvalue weighted by atomic mass is 9.83. The molecule has 0 unspecified atom stereocenters. The molecule has 1 aliphatic carbocycles. The first-order valence-electron chi connectivity index (χ1n) is 7.76. The lowest BCUT2D eigenvalue weighted by molar-refractivity contribution is -0.137. The minimum atomic E-state index is -0.812. The van der Waals surface area contributed by atoms with E-state index in [0.29, 0.717) is 13.0 Å². The zero-order valence-corrected chi connectivity index (χ0v) is 12.7. The van der Waals surface area contributed by atoms with E-state index in [9.17, 15) is 9.59 Å². The Labute approximate surface area is 121 Å². The Balaban J connectivity index is 2.20. The summed E-state index contributed by atoms with van der Waals surface area (Å²) < 4.78 is 0. The molecule has 0 atom stereocenters. The number of amides is 2. The fourth-order valence-electron chi connectivity index (χ4n) is 2.86. The van der Waals surface area contributed by atoms with Crippen LogP contribution in [0.3, 0.4) is 0 Å². The first-order chi connectivity index (χ1) is 9.52. The van der Waals surface area contributed by atoms with Crippen molar-refractivity contribution in [3.63, 3.8) is 0 Å². The van der Waals surface area contributed by atoms with E-state index >= 15 is 0 Å². The average Bonchev–Trinajstić information content (AvgIpc) is 2.40. The number of hydrogen-bond acceptors (Lipinski definition) is 2. The number of carbonyl (C=O) groups excluding carboxylic acids is 1. The van der Waals surface area contributed by atoms with Crippen LogP contribution in [-0.2, 0) is 4.79 Å². The van der Waals surface area contributed by atoms with Crippen LogP contribution in [-0.4, -0.2) is 41.6 Å². The van der Waals surface area contributed by atoms with Crippen molar-refractivity contribution < 1.29 is 14.7 Å². The largest absolute Gasteiger partial charge is 0.481 e. The number of carboxylic acids is 1. The second-order valence-electron chi connectivity index (χ2n) is 5.87. The number of rotatable bonds is 7. The lowest BCUT2D eigenvalue weighted by Crippen LogP contribution is -2.44. The van der Waals surface area contributed by atoms with Gasteiger partial charge >= 0.3 is 12.0 Å². The second-order valence-corrected chi connectivity index (χ2v) is 5.87. The molecule has 0 radical (unpaired) electrons. The van der Waals surface area contributed by atoms with E-state index in [1.165, 1.54) is 25.7 Å². The topological polar surface area (TPSA) is 69.6 Å². The van der Waals surface area contributed by atoms with Crippen LogP contribution in [0.15, 0.2) is 0 Å². The summed E-state index contributed by atoms with van der Waals surface area (Å²) in [4.78, 5) is 24.0. The Kier molecular flexibility index (Phi) is 7.41. The number of urea groups is 1. The third-order valence-electron chi connectivity index (χ3n) is 4.10. The van der Waals surface area contributed by atoms with E-state index in [-0.39, 0.29) is 18.5 Å². The minimum absolute atomic E-state index is 0.0747. The highest BCUT2D eigenvalue weighted by Crippen LogP contribution is 2.27. The van der Waals surface area contributed by atoms with Crippen molar-refractivity contribution in [1.29, 1.82) is 0 Å². The van der Waals surface area contributed by atoms with Gasteiger partial charge in [-0.15, -0.1) is 0 Å². The van der Waals surface area contributed by atoms with Gasteiger partial charge in [-0.3, -0.25) is 4.79 Å². The summed E-state index contributed by atoms with van der Waals surface area (Å²) in [6, 6.07) is 0.215. The molecule has 0 saturated heterocycles. The molecule has 1 fully saturated rings. The van der Waals surface area contributed by atoms with Gasteiger partial charge < -0.3 is 15.3 Å². The first kappa shape index (κ1) is 16.8. The smallest absolute Gasteiger partial charge is 0.317 e. The molecular formula is C15H28N2O3. The fourth-order valence-corrected chi connectivity index (χ4v) is 2.86. The van der Waals surface area contributed by atoms with Crippen LogP contribution in [0.25, 0.3) is 0 Å². The van der Waals surface area contributed by atoms with Crippen molar-refractivity contribution in [2.75, 3.05) is 13.6 Å². The lowest BCUT2D eigenvalue weighted by Gasteiger charge is -2.30. The molecule has 5 nitrogen and oxygen atoms in total. The van der Waals surface area contributed by atoms with E-state index < -0.39 is 5.97 Å². The zero-order valence-electron chi connectivity index (χ0n) is 12.7. The summed E-state index contributed by atoms with van der Waals surface area (Å²) in [6.07, 6.45) is 7.72. The summed E-state index contributed by atoms with van der Waals surface area (Å²) in [5.74, 6) is 0.0227. The standard InChI is InChI=1S/C15H28N2O3/c1-3-5-12-7-9-13(10-8-12)16-15(20)17(2)11-4-6-14(18)19/h12-13H,3-11H2,1-2H3,(H,16,20)(H,18,19). The Morgan fingerprint density at radius 3 is 2.45 bits per heavy atom. The van der Waals surface area contributed by atoms with Crippen molar-refractivity contribution in [3.05, 3.63) is 0 Å². The highest BCUT2D eigenvalue weighted by molar-refractivity contribution is 5.74. The van der Waals surface area contributed by atoms with Crippen LogP contribution in [0.2, 0.25) is 0 Å². The molecule has 0 aromatic heterocycles. The summed E-state index contributed by atoms with van der Waals surface area (Å²) in [7, 11) is 1.72. The number of carbonyl (C=O) groups is 2. The maximum atomic E-state index is 12.0. The van der Waals surface area contributed by atoms with Crippen molar-refractivity contribution in [1.82, 2.24) is 10.2 Å². The summed E-state index contributed by atoms with van der Waals surface area (Å²) in [5.41, 5.74) is 0. The zero-order chi connectivity index (χ0) is 15.0. The Morgan fingerprint density at radius 2 is 1.90 bits per heavy atom. The quantitative estimate of drug-likeness (QED) is 0.755. The summed E-state index contributed by atoms with van der Waals surface area (Å²) >= 11 is 0. The van der Waals surface area contributed by atoms with Gasteiger partial charge in [-0.1, -0.05) is 19.8 Å². The monoisotopic (exact) mass is 284 g/mol. The summed E-state index contributed by atoms with van der Waals surface area (Å²) in [5, 5.41) is 11.6. The Morgan fingerprint density at radius 1 is 1.25 bits per heavy atom. The molecule has 0 spiro atoms. The molecule has 1 rings (SSSR count). The van der Waals surface area contributed by atoms with Gasteiger partial charge in [0.1, 0.15) is 0 Å². The highest BCUT2D eigenvalue weighted by atomic mass is 16.4. The van der Waals surface area contributed by atoms with Crippen LogP contribution in [0.4, 0.5) is 4.79 Å². The number of hydrogen-bond donors (Lipinski definition) is 2. The van der Waals surface area contributed by atoms with Gasteiger partial charge in [0.25, 0.3) is 0 Å². The van der Waals surface area contributed by atoms with Crippen molar-refractivity contribution in [3.8, 4) is 0 Å². The van der Waals surface area contributed by atoms with Crippen LogP contribution in [0.5, 0.6) is 0 Å². The Hall–Kier alpha value is -1.26. The van der Waals surface area contributed by atoms with Gasteiger partial charge in [-0.25, -0.2) is 4.79 Å². The van der Waals surface area contributed by atoms with Crippen molar-refractivity contribution in [2.45, 2.75) is 64.3 Å². The third kappa shape index (κ3) is 6.26. The maximum absolute atomic E-state index is 12.0. The van der Waals surface area contributed by atoms with Gasteiger partial charge in [0, 0.05) is 26.1 Å². The van der Waals surface area contributed by atoms with Gasteiger partial charge in [-0.2, -0.15) is 0 Å². The van der Waals surface area contributed by atoms with E-state index in [1.54, 1.807) is 11.9 Å². The number of nitrogens with one attached hydrogen (secondary N) is 1. The van der Waals surface area contributed by atoms with Gasteiger partial charge in [0.2, 0.25) is 0 Å². The van der Waals surface area contributed by atoms with E-state index in [4.69, 9.17) is 5.11 Å². The normalized spacial score (nSPS) is 22.3. The average molecular weight is 284 g/mol. The van der Waals surface area contributed by atoms with Gasteiger partial charge in [0.05, 0.1) is 0 Å². The molecule has 20 heavy (non-hydrogen) atoms.